The second-order valence-corrected chi connectivity index (χ2v) is 7.39. The maximum Gasteiger partial charge on any atom is 0.184 e. The van der Waals surface area contributed by atoms with Crippen molar-refractivity contribution in [3.63, 3.8) is 0 Å². The van der Waals surface area contributed by atoms with Crippen molar-refractivity contribution in [2.45, 2.75) is 6.42 Å². The minimum absolute atomic E-state index is 0.0863. The fourth-order valence-corrected chi connectivity index (χ4v) is 3.52. The van der Waals surface area contributed by atoms with Gasteiger partial charge >= 0.3 is 0 Å². The molecule has 7 heteroatoms. The van der Waals surface area contributed by atoms with Gasteiger partial charge in [-0.2, -0.15) is 5.10 Å². The van der Waals surface area contributed by atoms with Crippen molar-refractivity contribution >= 4 is 11.5 Å². The number of carbonyl (C=O) groups is 1. The molecular weight excluding hydrogens is 371 g/mol. The van der Waals surface area contributed by atoms with Crippen LogP contribution in [0.4, 0.5) is 10.1 Å². The molecule has 1 saturated heterocycles. The van der Waals surface area contributed by atoms with Crippen LogP contribution < -0.4 is 4.90 Å². The predicted molar refractivity (Wildman–Crippen MR) is 110 cm³/mol. The molecule has 2 aromatic carbocycles. The second kappa shape index (κ2) is 8.05. The number of hydrogen-bond donors (Lipinski definition) is 2. The number of carbonyl (C=O) groups excluding carboxylic acids is 1. The first kappa shape index (κ1) is 19.1. The Kier molecular flexibility index (Phi) is 5.31. The number of H-pyrrole nitrogens is 1. The van der Waals surface area contributed by atoms with Crippen LogP contribution >= 0.6 is 0 Å². The number of phenolic OH excluding ortho intramolecular Hbond substituents is 1. The third kappa shape index (κ3) is 4.30. The van der Waals surface area contributed by atoms with Gasteiger partial charge in [-0.25, -0.2) is 4.39 Å². The molecule has 0 radical (unpaired) electrons. The molecule has 150 valence electrons. The Morgan fingerprint density at radius 1 is 1.14 bits per heavy atom. The number of halogens is 1. The highest BCUT2D eigenvalue weighted by atomic mass is 19.1. The molecule has 2 heterocycles. The maximum absolute atomic E-state index is 13.5. The fraction of sp³-hybridized carbons (Fsp3) is 0.273. The van der Waals surface area contributed by atoms with E-state index >= 15 is 0 Å². The molecule has 2 N–H and O–H groups in total. The van der Waals surface area contributed by atoms with Gasteiger partial charge in [-0.3, -0.25) is 9.89 Å². The van der Waals surface area contributed by atoms with Gasteiger partial charge in [0, 0.05) is 43.9 Å². The summed E-state index contributed by atoms with van der Waals surface area (Å²) >= 11 is 0. The lowest BCUT2D eigenvalue weighted by molar-refractivity contribution is 0.0988. The summed E-state index contributed by atoms with van der Waals surface area (Å²) in [6.45, 7) is 3.98. The number of nitrogens with one attached hydrogen (secondary N) is 1. The third-order valence-electron chi connectivity index (χ3n) is 5.26. The quantitative estimate of drug-likeness (QED) is 0.651. The lowest BCUT2D eigenvalue weighted by Crippen LogP contribution is -2.44. The summed E-state index contributed by atoms with van der Waals surface area (Å²) in [4.78, 5) is 17.3. The number of benzene rings is 2. The number of anilines is 1. The number of aromatic hydroxyl groups is 1. The van der Waals surface area contributed by atoms with Crippen molar-refractivity contribution in [1.29, 1.82) is 0 Å². The van der Waals surface area contributed by atoms with Gasteiger partial charge in [0.05, 0.1) is 5.69 Å². The number of ketones is 1. The largest absolute Gasteiger partial charge is 0.507 e. The third-order valence-corrected chi connectivity index (χ3v) is 5.26. The molecule has 1 aromatic heterocycles. The molecule has 6 nitrogen and oxygen atoms in total. The first-order valence-corrected chi connectivity index (χ1v) is 9.59. The number of rotatable bonds is 5. The minimum atomic E-state index is -0.477. The molecule has 0 aliphatic carbocycles. The van der Waals surface area contributed by atoms with Crippen LogP contribution in [-0.4, -0.2) is 59.2 Å². The highest BCUT2D eigenvalue weighted by Gasteiger charge is 2.17. The molecule has 0 amide bonds. The summed E-state index contributed by atoms with van der Waals surface area (Å²) in [6.07, 6.45) is 0.234. The molecule has 1 aliphatic rings. The second-order valence-electron chi connectivity index (χ2n) is 7.39. The van der Waals surface area contributed by atoms with Crippen LogP contribution in [-0.2, 0) is 6.42 Å². The Morgan fingerprint density at radius 3 is 2.72 bits per heavy atom. The Labute approximate surface area is 168 Å². The van der Waals surface area contributed by atoms with Crippen molar-refractivity contribution in [1.82, 2.24) is 15.1 Å². The van der Waals surface area contributed by atoms with Crippen molar-refractivity contribution in [3.8, 4) is 17.0 Å². The van der Waals surface area contributed by atoms with Crippen molar-refractivity contribution in [2.24, 2.45) is 0 Å². The molecule has 0 bridgehead atoms. The number of likely N-dealkylation sites (N-methyl/N-ethyl adjacent to an activating group) is 1. The van der Waals surface area contributed by atoms with Gasteiger partial charge in [0.25, 0.3) is 0 Å². The van der Waals surface area contributed by atoms with Crippen LogP contribution in [0.3, 0.4) is 0 Å². The molecule has 0 saturated carbocycles. The van der Waals surface area contributed by atoms with Crippen LogP contribution in [0.5, 0.6) is 5.75 Å². The fourth-order valence-electron chi connectivity index (χ4n) is 3.52. The Bertz CT molecular complexity index is 1030. The lowest BCUT2D eigenvalue weighted by atomic mass is 10.0. The molecule has 0 atom stereocenters. The number of Topliss-reactive ketones (excluding diaryl/α,β-unsaturated/α-hetero) is 1. The van der Waals surface area contributed by atoms with E-state index in [1.165, 1.54) is 18.2 Å². The zero-order chi connectivity index (χ0) is 20.4. The van der Waals surface area contributed by atoms with Crippen LogP contribution in [0.1, 0.15) is 16.1 Å². The molecule has 3 aromatic rings. The monoisotopic (exact) mass is 394 g/mol. The van der Waals surface area contributed by atoms with E-state index in [1.54, 1.807) is 6.07 Å². The minimum Gasteiger partial charge on any atom is -0.507 e. The SMILES string of the molecule is CN1CCN(c2cccc(CC(=O)c3cc(-c4cc(F)ccc4O)n[nH]3)c2)CC1. The van der Waals surface area contributed by atoms with Gasteiger partial charge in [-0.15, -0.1) is 0 Å². The molecule has 4 rings (SSSR count). The standard InChI is InChI=1S/C22H23FN4O2/c1-26-7-9-27(10-8-26)17-4-2-3-15(11-17)12-22(29)20-14-19(24-25-20)18-13-16(23)5-6-21(18)28/h2-6,11,13-14,28H,7-10,12H2,1H3,(H,24,25). The summed E-state index contributed by atoms with van der Waals surface area (Å²) in [5.41, 5.74) is 2.96. The van der Waals surface area contributed by atoms with Crippen LogP contribution in [0.2, 0.25) is 0 Å². The highest BCUT2D eigenvalue weighted by Crippen LogP contribution is 2.29. The van der Waals surface area contributed by atoms with E-state index < -0.39 is 5.82 Å². The van der Waals surface area contributed by atoms with Gasteiger partial charge in [0.15, 0.2) is 5.78 Å². The van der Waals surface area contributed by atoms with E-state index in [9.17, 15) is 14.3 Å². The summed E-state index contributed by atoms with van der Waals surface area (Å²) in [5.74, 6) is -0.679. The molecular formula is C22H23FN4O2. The number of phenols is 1. The van der Waals surface area contributed by atoms with Gasteiger partial charge < -0.3 is 14.9 Å². The van der Waals surface area contributed by atoms with E-state index in [1.807, 2.05) is 12.1 Å². The smallest absolute Gasteiger partial charge is 0.184 e. The van der Waals surface area contributed by atoms with Crippen molar-refractivity contribution < 1.29 is 14.3 Å². The number of aromatic nitrogens is 2. The number of hydrogen-bond acceptors (Lipinski definition) is 5. The van der Waals surface area contributed by atoms with E-state index in [4.69, 9.17) is 0 Å². The summed E-state index contributed by atoms with van der Waals surface area (Å²) in [5, 5.41) is 16.7. The Hall–Kier alpha value is -3.19. The molecule has 0 unspecified atom stereocenters. The van der Waals surface area contributed by atoms with E-state index in [-0.39, 0.29) is 23.5 Å². The Balaban J connectivity index is 1.48. The number of nitrogens with zero attached hydrogens (tertiary/aromatic N) is 3. The zero-order valence-electron chi connectivity index (χ0n) is 16.2. The number of piperazine rings is 1. The van der Waals surface area contributed by atoms with Crippen LogP contribution in [0.15, 0.2) is 48.5 Å². The van der Waals surface area contributed by atoms with Gasteiger partial charge in [0.2, 0.25) is 0 Å². The van der Waals surface area contributed by atoms with Gasteiger partial charge in [-0.05, 0) is 49.0 Å². The average Bonchev–Trinajstić information content (AvgIpc) is 3.21. The Morgan fingerprint density at radius 2 is 1.93 bits per heavy atom. The molecule has 1 fully saturated rings. The van der Waals surface area contributed by atoms with Crippen LogP contribution in [0.25, 0.3) is 11.3 Å². The summed E-state index contributed by atoms with van der Waals surface area (Å²) in [7, 11) is 2.12. The number of aromatic amines is 1. The van der Waals surface area contributed by atoms with E-state index in [0.717, 1.165) is 37.4 Å². The first-order valence-electron chi connectivity index (χ1n) is 9.59. The van der Waals surface area contributed by atoms with Gasteiger partial charge in [-0.1, -0.05) is 12.1 Å². The molecule has 1 aliphatic heterocycles. The highest BCUT2D eigenvalue weighted by molar-refractivity contribution is 5.96. The maximum atomic E-state index is 13.5. The van der Waals surface area contributed by atoms with E-state index in [0.29, 0.717) is 11.4 Å². The first-order chi connectivity index (χ1) is 14.0. The van der Waals surface area contributed by atoms with Crippen LogP contribution in [0, 0.1) is 5.82 Å². The van der Waals surface area contributed by atoms with Gasteiger partial charge in [0.1, 0.15) is 17.3 Å². The lowest BCUT2D eigenvalue weighted by Gasteiger charge is -2.34. The molecule has 29 heavy (non-hydrogen) atoms. The average molecular weight is 394 g/mol. The zero-order valence-corrected chi connectivity index (χ0v) is 16.2. The van der Waals surface area contributed by atoms with Crippen molar-refractivity contribution in [3.05, 3.63) is 65.6 Å². The summed E-state index contributed by atoms with van der Waals surface area (Å²) in [6, 6.07) is 13.2. The normalized spacial score (nSPS) is 14.9. The predicted octanol–water partition coefficient (Wildman–Crippen LogP) is 3.10. The molecule has 0 spiro atoms. The topological polar surface area (TPSA) is 72.5 Å². The van der Waals surface area contributed by atoms with E-state index in [2.05, 4.69) is 39.2 Å². The van der Waals surface area contributed by atoms with Crippen molar-refractivity contribution in [2.75, 3.05) is 38.1 Å². The summed E-state index contributed by atoms with van der Waals surface area (Å²) < 4.78 is 13.5.